The summed E-state index contributed by atoms with van der Waals surface area (Å²) in [7, 11) is 0. The molecule has 1 aliphatic rings. The Morgan fingerprint density at radius 3 is 2.63 bits per heavy atom. The standard InChI is InChI=1S/C14H18N2O2.ClH/c15-12-8-13(17)10-16(9-12)14(18)7-6-11-4-2-1-3-5-11;/h1-7,12-13,17H,8-10,15H2;1H/b7-6+;/t12-,13+;/m0./s1. The summed E-state index contributed by atoms with van der Waals surface area (Å²) in [5.74, 6) is -0.104. The van der Waals surface area contributed by atoms with Gasteiger partial charge in [-0.05, 0) is 18.1 Å². The number of likely N-dealkylation sites (tertiary alicyclic amines) is 1. The van der Waals surface area contributed by atoms with Crippen LogP contribution in [0, 0.1) is 0 Å². The van der Waals surface area contributed by atoms with Crippen LogP contribution < -0.4 is 5.73 Å². The first-order chi connectivity index (χ1) is 8.65. The lowest BCUT2D eigenvalue weighted by Crippen LogP contribution is -2.50. The van der Waals surface area contributed by atoms with Crippen LogP contribution in [-0.2, 0) is 4.79 Å². The summed E-state index contributed by atoms with van der Waals surface area (Å²) in [6.07, 6.45) is 3.35. The molecule has 2 rings (SSSR count). The van der Waals surface area contributed by atoms with Crippen LogP contribution in [0.4, 0.5) is 0 Å². The number of halogens is 1. The Balaban J connectivity index is 0.00000180. The van der Waals surface area contributed by atoms with Crippen molar-refractivity contribution in [2.45, 2.75) is 18.6 Å². The normalized spacial score (nSPS) is 23.2. The SMILES string of the molecule is Cl.N[C@H]1C[C@@H](O)CN(C(=O)/C=C/c2ccccc2)C1. The van der Waals surface area contributed by atoms with Gasteiger partial charge >= 0.3 is 0 Å². The van der Waals surface area contributed by atoms with Crippen molar-refractivity contribution in [2.24, 2.45) is 5.73 Å². The fourth-order valence-electron chi connectivity index (χ4n) is 2.13. The van der Waals surface area contributed by atoms with Crippen molar-refractivity contribution in [3.63, 3.8) is 0 Å². The van der Waals surface area contributed by atoms with Crippen molar-refractivity contribution in [1.29, 1.82) is 0 Å². The minimum absolute atomic E-state index is 0. The average Bonchev–Trinajstić information content (AvgIpc) is 2.36. The second-order valence-electron chi connectivity index (χ2n) is 4.64. The molecule has 104 valence electrons. The minimum atomic E-state index is -0.511. The number of carbonyl (C=O) groups is 1. The number of carbonyl (C=O) groups excluding carboxylic acids is 1. The number of nitrogens with zero attached hydrogens (tertiary/aromatic N) is 1. The molecule has 0 bridgehead atoms. The Kier molecular flexibility index (Phi) is 6.02. The number of piperidine rings is 1. The van der Waals surface area contributed by atoms with E-state index in [1.165, 1.54) is 6.08 Å². The first-order valence-electron chi connectivity index (χ1n) is 6.11. The summed E-state index contributed by atoms with van der Waals surface area (Å²) in [6.45, 7) is 0.876. The van der Waals surface area contributed by atoms with E-state index in [1.807, 2.05) is 30.3 Å². The van der Waals surface area contributed by atoms with E-state index in [9.17, 15) is 9.90 Å². The number of β-amino-alcohol motifs (C(OH)–C–C–N with tert-alkyl or cyclic N) is 1. The highest BCUT2D eigenvalue weighted by Gasteiger charge is 2.25. The van der Waals surface area contributed by atoms with Gasteiger partial charge in [-0.2, -0.15) is 0 Å². The molecule has 1 aromatic rings. The van der Waals surface area contributed by atoms with Crippen molar-refractivity contribution in [3.05, 3.63) is 42.0 Å². The lowest BCUT2D eigenvalue weighted by Gasteiger charge is -2.33. The lowest BCUT2D eigenvalue weighted by atomic mass is 10.0. The quantitative estimate of drug-likeness (QED) is 0.797. The zero-order valence-electron chi connectivity index (χ0n) is 10.6. The highest BCUT2D eigenvalue weighted by atomic mass is 35.5. The largest absolute Gasteiger partial charge is 0.391 e. The van der Waals surface area contributed by atoms with Gasteiger partial charge in [-0.3, -0.25) is 4.79 Å². The zero-order valence-corrected chi connectivity index (χ0v) is 11.4. The van der Waals surface area contributed by atoms with Crippen molar-refractivity contribution in [1.82, 2.24) is 4.90 Å². The molecule has 0 aliphatic carbocycles. The van der Waals surface area contributed by atoms with Crippen molar-refractivity contribution < 1.29 is 9.90 Å². The van der Waals surface area contributed by atoms with Crippen LogP contribution in [0.5, 0.6) is 0 Å². The van der Waals surface area contributed by atoms with Crippen molar-refractivity contribution in [3.8, 4) is 0 Å². The lowest BCUT2D eigenvalue weighted by molar-refractivity contribution is -0.129. The third kappa shape index (κ3) is 4.67. The second-order valence-corrected chi connectivity index (χ2v) is 4.64. The number of amides is 1. The van der Waals surface area contributed by atoms with E-state index in [2.05, 4.69) is 0 Å². The van der Waals surface area contributed by atoms with Crippen LogP contribution >= 0.6 is 12.4 Å². The molecule has 0 aromatic heterocycles. The number of aliphatic hydroxyl groups is 1. The van der Waals surface area contributed by atoms with Crippen LogP contribution in [0.25, 0.3) is 6.08 Å². The Hall–Kier alpha value is -1.36. The van der Waals surface area contributed by atoms with Crippen molar-refractivity contribution >= 4 is 24.4 Å². The third-order valence-corrected chi connectivity index (χ3v) is 2.99. The Bertz CT molecular complexity index is 426. The molecule has 1 saturated heterocycles. The smallest absolute Gasteiger partial charge is 0.246 e. The molecule has 3 N–H and O–H groups in total. The predicted octanol–water partition coefficient (Wildman–Crippen LogP) is 1.04. The van der Waals surface area contributed by atoms with Gasteiger partial charge in [0.1, 0.15) is 0 Å². The van der Waals surface area contributed by atoms with Crippen LogP contribution in [0.2, 0.25) is 0 Å². The molecule has 0 radical (unpaired) electrons. The molecule has 0 unspecified atom stereocenters. The number of hydrogen-bond donors (Lipinski definition) is 2. The average molecular weight is 283 g/mol. The van der Waals surface area contributed by atoms with E-state index in [4.69, 9.17) is 5.73 Å². The van der Waals surface area contributed by atoms with Crippen molar-refractivity contribution in [2.75, 3.05) is 13.1 Å². The van der Waals surface area contributed by atoms with E-state index in [1.54, 1.807) is 11.0 Å². The Labute approximate surface area is 119 Å². The van der Waals surface area contributed by atoms with E-state index in [-0.39, 0.29) is 24.4 Å². The summed E-state index contributed by atoms with van der Waals surface area (Å²) in [6, 6.07) is 9.50. The maximum atomic E-state index is 11.9. The molecule has 19 heavy (non-hydrogen) atoms. The highest BCUT2D eigenvalue weighted by Crippen LogP contribution is 2.10. The van der Waals surface area contributed by atoms with Gasteiger partial charge in [-0.1, -0.05) is 30.3 Å². The van der Waals surface area contributed by atoms with Crippen LogP contribution in [0.15, 0.2) is 36.4 Å². The summed E-state index contributed by atoms with van der Waals surface area (Å²) in [4.78, 5) is 13.5. The van der Waals surface area contributed by atoms with Gasteiger partial charge in [-0.15, -0.1) is 12.4 Å². The second kappa shape index (κ2) is 7.28. The number of rotatable bonds is 2. The molecular weight excluding hydrogens is 264 g/mol. The van der Waals surface area contributed by atoms with Gasteiger partial charge in [0.15, 0.2) is 0 Å². The molecule has 1 amide bonds. The van der Waals surface area contributed by atoms with Gasteiger partial charge in [0.25, 0.3) is 0 Å². The fourth-order valence-corrected chi connectivity index (χ4v) is 2.13. The van der Waals surface area contributed by atoms with Crippen LogP contribution in [0.1, 0.15) is 12.0 Å². The summed E-state index contributed by atoms with van der Waals surface area (Å²) in [5, 5.41) is 9.59. The molecule has 0 saturated carbocycles. The van der Waals surface area contributed by atoms with Gasteiger partial charge < -0.3 is 15.7 Å². The molecular formula is C14H19ClN2O2. The maximum absolute atomic E-state index is 11.9. The first-order valence-corrected chi connectivity index (χ1v) is 6.11. The molecule has 5 heteroatoms. The molecule has 0 spiro atoms. The topological polar surface area (TPSA) is 66.6 Å². The number of benzene rings is 1. The highest BCUT2D eigenvalue weighted by molar-refractivity contribution is 5.91. The number of hydrogen-bond acceptors (Lipinski definition) is 3. The minimum Gasteiger partial charge on any atom is -0.391 e. The predicted molar refractivity (Wildman–Crippen MR) is 77.9 cm³/mol. The van der Waals surface area contributed by atoms with Gasteiger partial charge in [0.2, 0.25) is 5.91 Å². The summed E-state index contributed by atoms with van der Waals surface area (Å²) < 4.78 is 0. The van der Waals surface area contributed by atoms with Gasteiger partial charge in [0, 0.05) is 25.2 Å². The molecule has 2 atom stereocenters. The Morgan fingerprint density at radius 1 is 1.32 bits per heavy atom. The van der Waals surface area contributed by atoms with Gasteiger partial charge in [-0.25, -0.2) is 0 Å². The van der Waals surface area contributed by atoms with Crippen LogP contribution in [0.3, 0.4) is 0 Å². The molecule has 1 aliphatic heterocycles. The Morgan fingerprint density at radius 2 is 2.00 bits per heavy atom. The monoisotopic (exact) mass is 282 g/mol. The molecule has 4 nitrogen and oxygen atoms in total. The number of nitrogens with two attached hydrogens (primary N) is 1. The molecule has 1 heterocycles. The summed E-state index contributed by atoms with van der Waals surface area (Å²) >= 11 is 0. The molecule has 1 aromatic carbocycles. The van der Waals surface area contributed by atoms with E-state index in [0.29, 0.717) is 19.5 Å². The van der Waals surface area contributed by atoms with Gasteiger partial charge in [0.05, 0.1) is 6.10 Å². The maximum Gasteiger partial charge on any atom is 0.246 e. The van der Waals surface area contributed by atoms with E-state index >= 15 is 0 Å². The van der Waals surface area contributed by atoms with E-state index < -0.39 is 6.10 Å². The summed E-state index contributed by atoms with van der Waals surface area (Å²) in [5.41, 5.74) is 6.76. The number of aliphatic hydroxyl groups excluding tert-OH is 1. The fraction of sp³-hybridized carbons (Fsp3) is 0.357. The first kappa shape index (κ1) is 15.7. The zero-order chi connectivity index (χ0) is 13.0. The van der Waals surface area contributed by atoms with E-state index in [0.717, 1.165) is 5.56 Å². The van der Waals surface area contributed by atoms with Crippen LogP contribution in [-0.4, -0.2) is 41.1 Å². The molecule has 1 fully saturated rings. The third-order valence-electron chi connectivity index (χ3n) is 2.99.